The molecule has 2 unspecified atom stereocenters. The first kappa shape index (κ1) is 12.9. The molecule has 0 aliphatic heterocycles. The van der Waals surface area contributed by atoms with Gasteiger partial charge in [0.05, 0.1) is 19.2 Å². The summed E-state index contributed by atoms with van der Waals surface area (Å²) in [5.41, 5.74) is 5.10. The van der Waals surface area contributed by atoms with Crippen molar-refractivity contribution in [2.45, 2.75) is 31.4 Å². The first-order chi connectivity index (χ1) is 7.65. The number of ether oxygens (including phenoxy) is 1. The van der Waals surface area contributed by atoms with Gasteiger partial charge in [-0.3, -0.25) is 9.59 Å². The van der Waals surface area contributed by atoms with E-state index < -0.39 is 0 Å². The second-order valence-electron chi connectivity index (χ2n) is 3.92. The van der Waals surface area contributed by atoms with Crippen LogP contribution in [0.2, 0.25) is 0 Å². The predicted molar refractivity (Wildman–Crippen MR) is 58.6 cm³/mol. The van der Waals surface area contributed by atoms with Crippen molar-refractivity contribution in [1.82, 2.24) is 10.6 Å². The van der Waals surface area contributed by atoms with Crippen LogP contribution in [0.3, 0.4) is 0 Å². The van der Waals surface area contributed by atoms with E-state index in [0.717, 1.165) is 19.3 Å². The van der Waals surface area contributed by atoms with Gasteiger partial charge in [-0.1, -0.05) is 0 Å². The van der Waals surface area contributed by atoms with E-state index >= 15 is 0 Å². The third-order valence-electron chi connectivity index (χ3n) is 2.71. The van der Waals surface area contributed by atoms with Gasteiger partial charge in [0.25, 0.3) is 0 Å². The second kappa shape index (κ2) is 6.44. The zero-order chi connectivity index (χ0) is 12.0. The van der Waals surface area contributed by atoms with E-state index in [0.29, 0.717) is 0 Å². The molecule has 1 fully saturated rings. The van der Waals surface area contributed by atoms with E-state index in [1.54, 1.807) is 7.11 Å². The molecule has 1 aliphatic rings. The molecule has 92 valence electrons. The first-order valence-corrected chi connectivity index (χ1v) is 5.44. The van der Waals surface area contributed by atoms with Crippen molar-refractivity contribution in [3.63, 3.8) is 0 Å². The number of nitrogens with one attached hydrogen (secondary N) is 2. The summed E-state index contributed by atoms with van der Waals surface area (Å²) >= 11 is 0. The van der Waals surface area contributed by atoms with E-state index in [2.05, 4.69) is 10.6 Å². The Morgan fingerprint density at radius 1 is 1.38 bits per heavy atom. The Labute approximate surface area is 94.9 Å². The number of amides is 2. The minimum atomic E-state index is -0.323. The molecule has 0 bridgehead atoms. The molecule has 2 atom stereocenters. The molecule has 0 aromatic heterocycles. The van der Waals surface area contributed by atoms with Crippen LogP contribution in [-0.2, 0) is 14.3 Å². The van der Waals surface area contributed by atoms with Gasteiger partial charge < -0.3 is 21.1 Å². The molecule has 6 nitrogen and oxygen atoms in total. The second-order valence-corrected chi connectivity index (χ2v) is 3.92. The van der Waals surface area contributed by atoms with Crippen molar-refractivity contribution in [3.05, 3.63) is 0 Å². The minimum Gasteiger partial charge on any atom is -0.381 e. The number of methoxy groups -OCH3 is 1. The smallest absolute Gasteiger partial charge is 0.239 e. The summed E-state index contributed by atoms with van der Waals surface area (Å²) in [5, 5.41) is 5.27. The SMILES string of the molecule is COC1CCC(NC(=O)CNC(=O)CN)C1. The summed E-state index contributed by atoms with van der Waals surface area (Å²) < 4.78 is 5.20. The summed E-state index contributed by atoms with van der Waals surface area (Å²) in [7, 11) is 1.68. The van der Waals surface area contributed by atoms with Crippen molar-refractivity contribution in [2.24, 2.45) is 5.73 Å². The molecule has 2 amide bonds. The average molecular weight is 229 g/mol. The van der Waals surface area contributed by atoms with Crippen LogP contribution < -0.4 is 16.4 Å². The molecule has 0 aromatic rings. The van der Waals surface area contributed by atoms with E-state index in [1.165, 1.54) is 0 Å². The fourth-order valence-corrected chi connectivity index (χ4v) is 1.82. The van der Waals surface area contributed by atoms with Gasteiger partial charge in [-0.2, -0.15) is 0 Å². The molecule has 0 heterocycles. The highest BCUT2D eigenvalue weighted by molar-refractivity contribution is 5.85. The van der Waals surface area contributed by atoms with Crippen LogP contribution in [0.25, 0.3) is 0 Å². The highest BCUT2D eigenvalue weighted by Gasteiger charge is 2.25. The molecule has 0 spiro atoms. The van der Waals surface area contributed by atoms with Gasteiger partial charge in [0.15, 0.2) is 0 Å². The normalized spacial score (nSPS) is 24.1. The fraction of sp³-hybridized carbons (Fsp3) is 0.800. The van der Waals surface area contributed by atoms with Gasteiger partial charge in [-0.25, -0.2) is 0 Å². The molecule has 0 radical (unpaired) electrons. The van der Waals surface area contributed by atoms with Crippen molar-refractivity contribution >= 4 is 11.8 Å². The monoisotopic (exact) mass is 229 g/mol. The van der Waals surface area contributed by atoms with Crippen LogP contribution in [0.4, 0.5) is 0 Å². The molecule has 1 aliphatic carbocycles. The van der Waals surface area contributed by atoms with Crippen LogP contribution in [-0.4, -0.2) is 44.2 Å². The van der Waals surface area contributed by atoms with Crippen molar-refractivity contribution in [2.75, 3.05) is 20.2 Å². The van der Waals surface area contributed by atoms with Gasteiger partial charge in [0.1, 0.15) is 0 Å². The van der Waals surface area contributed by atoms with Crippen LogP contribution in [0, 0.1) is 0 Å². The third kappa shape index (κ3) is 4.16. The number of hydrogen-bond acceptors (Lipinski definition) is 4. The Hall–Kier alpha value is -1.14. The largest absolute Gasteiger partial charge is 0.381 e. The van der Waals surface area contributed by atoms with Crippen LogP contribution >= 0.6 is 0 Å². The maximum Gasteiger partial charge on any atom is 0.239 e. The summed E-state index contributed by atoms with van der Waals surface area (Å²) in [6, 6.07) is 0.159. The van der Waals surface area contributed by atoms with E-state index in [4.69, 9.17) is 10.5 Å². The summed E-state index contributed by atoms with van der Waals surface area (Å²) in [6.45, 7) is -0.105. The number of carbonyl (C=O) groups excluding carboxylic acids is 2. The summed E-state index contributed by atoms with van der Waals surface area (Å²) in [5.74, 6) is -0.500. The fourth-order valence-electron chi connectivity index (χ4n) is 1.82. The summed E-state index contributed by atoms with van der Waals surface area (Å²) in [4.78, 5) is 22.2. The van der Waals surface area contributed by atoms with Crippen molar-refractivity contribution < 1.29 is 14.3 Å². The Kier molecular flexibility index (Phi) is 5.21. The molecule has 0 saturated heterocycles. The van der Waals surface area contributed by atoms with Crippen LogP contribution in [0.1, 0.15) is 19.3 Å². The predicted octanol–water partition coefficient (Wildman–Crippen LogP) is -1.25. The number of hydrogen-bond donors (Lipinski definition) is 3. The zero-order valence-electron chi connectivity index (χ0n) is 9.49. The molecule has 1 rings (SSSR count). The highest BCUT2D eigenvalue weighted by atomic mass is 16.5. The van der Waals surface area contributed by atoms with Gasteiger partial charge in [0, 0.05) is 13.2 Å². The van der Waals surface area contributed by atoms with E-state index in [9.17, 15) is 9.59 Å². The van der Waals surface area contributed by atoms with Crippen molar-refractivity contribution in [3.8, 4) is 0 Å². The van der Waals surface area contributed by atoms with Gasteiger partial charge in [0.2, 0.25) is 11.8 Å². The lowest BCUT2D eigenvalue weighted by atomic mass is 10.2. The Bertz CT molecular complexity index is 258. The molecule has 6 heteroatoms. The van der Waals surface area contributed by atoms with Crippen molar-refractivity contribution in [1.29, 1.82) is 0 Å². The quantitative estimate of drug-likeness (QED) is 0.549. The van der Waals surface area contributed by atoms with E-state index in [-0.39, 0.29) is 37.0 Å². The molecule has 0 aromatic carbocycles. The highest BCUT2D eigenvalue weighted by Crippen LogP contribution is 2.21. The number of carbonyl (C=O) groups is 2. The van der Waals surface area contributed by atoms with Gasteiger partial charge in [-0.15, -0.1) is 0 Å². The van der Waals surface area contributed by atoms with Gasteiger partial charge >= 0.3 is 0 Å². The first-order valence-electron chi connectivity index (χ1n) is 5.44. The standard InChI is InChI=1S/C10H19N3O3/c1-16-8-3-2-7(4-8)13-10(15)6-12-9(14)5-11/h7-8H,2-6,11H2,1H3,(H,12,14)(H,13,15). The lowest BCUT2D eigenvalue weighted by Crippen LogP contribution is -2.42. The molecular weight excluding hydrogens is 210 g/mol. The third-order valence-corrected chi connectivity index (χ3v) is 2.71. The van der Waals surface area contributed by atoms with E-state index in [1.807, 2.05) is 0 Å². The molecule has 1 saturated carbocycles. The molecular formula is C10H19N3O3. The number of nitrogens with two attached hydrogens (primary N) is 1. The van der Waals surface area contributed by atoms with Crippen LogP contribution in [0.5, 0.6) is 0 Å². The average Bonchev–Trinajstić information content (AvgIpc) is 2.73. The Morgan fingerprint density at radius 3 is 2.69 bits per heavy atom. The molecule has 16 heavy (non-hydrogen) atoms. The van der Waals surface area contributed by atoms with Crippen LogP contribution in [0.15, 0.2) is 0 Å². The van der Waals surface area contributed by atoms with Gasteiger partial charge in [-0.05, 0) is 19.3 Å². The Balaban J connectivity index is 2.17. The lowest BCUT2D eigenvalue weighted by Gasteiger charge is -2.13. The lowest BCUT2D eigenvalue weighted by molar-refractivity contribution is -0.125. The maximum atomic E-state index is 11.4. The Morgan fingerprint density at radius 2 is 2.12 bits per heavy atom. The minimum absolute atomic E-state index is 0.00974. The zero-order valence-corrected chi connectivity index (χ0v) is 9.49. The maximum absolute atomic E-state index is 11.4. The summed E-state index contributed by atoms with van der Waals surface area (Å²) in [6.07, 6.45) is 2.97. The number of rotatable bonds is 5. The topological polar surface area (TPSA) is 93.5 Å². The molecule has 4 N–H and O–H groups in total.